The largest absolute Gasteiger partial charge is 0.307 e. The van der Waals surface area contributed by atoms with Crippen LogP contribution in [0.3, 0.4) is 0 Å². The van der Waals surface area contributed by atoms with Gasteiger partial charge in [-0.2, -0.15) is 0 Å². The van der Waals surface area contributed by atoms with Crippen molar-refractivity contribution in [1.82, 2.24) is 5.32 Å². The molecule has 0 aromatic heterocycles. The van der Waals surface area contributed by atoms with Crippen LogP contribution in [0.1, 0.15) is 32.4 Å². The van der Waals surface area contributed by atoms with Crippen LogP contribution in [0.2, 0.25) is 5.02 Å². The fraction of sp³-hybridized carbons (Fsp3) is 0.385. The van der Waals surface area contributed by atoms with Crippen LogP contribution in [0, 0.1) is 0 Å². The normalized spacial score (nSPS) is 12.3. The summed E-state index contributed by atoms with van der Waals surface area (Å²) in [5, 5.41) is 4.22. The minimum absolute atomic E-state index is 0.333. The quantitative estimate of drug-likeness (QED) is 0.762. The molecule has 2 heteroatoms. The molecule has 0 fully saturated rings. The molecule has 0 aliphatic heterocycles. The van der Waals surface area contributed by atoms with E-state index in [1.807, 2.05) is 18.2 Å². The van der Waals surface area contributed by atoms with E-state index in [9.17, 15) is 0 Å². The number of rotatable bonds is 4. The van der Waals surface area contributed by atoms with E-state index in [0.717, 1.165) is 11.6 Å². The fourth-order valence-electron chi connectivity index (χ4n) is 1.33. The summed E-state index contributed by atoms with van der Waals surface area (Å²) >= 11 is 5.93. The Morgan fingerprint density at radius 3 is 2.80 bits per heavy atom. The number of hydrogen-bond donors (Lipinski definition) is 1. The highest BCUT2D eigenvalue weighted by Crippen LogP contribution is 2.16. The van der Waals surface area contributed by atoms with Gasteiger partial charge in [0, 0.05) is 17.6 Å². The highest BCUT2D eigenvalue weighted by atomic mass is 35.5. The molecule has 1 nitrogen and oxygen atoms in total. The zero-order valence-electron chi connectivity index (χ0n) is 9.55. The van der Waals surface area contributed by atoms with Crippen molar-refractivity contribution in [3.8, 4) is 0 Å². The van der Waals surface area contributed by atoms with Gasteiger partial charge in [0.15, 0.2) is 0 Å². The van der Waals surface area contributed by atoms with E-state index in [0.29, 0.717) is 6.04 Å². The number of benzene rings is 1. The molecule has 1 atom stereocenters. The lowest BCUT2D eigenvalue weighted by Crippen LogP contribution is -2.18. The summed E-state index contributed by atoms with van der Waals surface area (Å²) in [5.41, 5.74) is 2.56. The minimum atomic E-state index is 0.333. The Bertz CT molecular complexity index is 340. The lowest BCUT2D eigenvalue weighted by Gasteiger charge is -2.13. The number of allylic oxidation sites excluding steroid dienone is 1. The second-order valence-electron chi connectivity index (χ2n) is 3.97. The van der Waals surface area contributed by atoms with Crippen LogP contribution in [-0.4, -0.2) is 6.54 Å². The van der Waals surface area contributed by atoms with Crippen LogP contribution >= 0.6 is 11.6 Å². The third-order valence-corrected chi connectivity index (χ3v) is 2.52. The lowest BCUT2D eigenvalue weighted by molar-refractivity contribution is 0.616. The maximum absolute atomic E-state index is 5.93. The van der Waals surface area contributed by atoms with Gasteiger partial charge in [-0.25, -0.2) is 0 Å². The molecule has 82 valence electrons. The molecule has 1 N–H and O–H groups in total. The first-order valence-corrected chi connectivity index (χ1v) is 5.59. The fourth-order valence-corrected chi connectivity index (χ4v) is 1.53. The molecule has 1 aromatic carbocycles. The van der Waals surface area contributed by atoms with Gasteiger partial charge < -0.3 is 5.32 Å². The average Bonchev–Trinajstić information content (AvgIpc) is 2.17. The van der Waals surface area contributed by atoms with Gasteiger partial charge in [-0.3, -0.25) is 0 Å². The molecular weight excluding hydrogens is 206 g/mol. The Kier molecular flexibility index (Phi) is 4.86. The molecule has 0 bridgehead atoms. The number of hydrogen-bond acceptors (Lipinski definition) is 1. The van der Waals surface area contributed by atoms with Crippen molar-refractivity contribution in [3.05, 3.63) is 46.5 Å². The van der Waals surface area contributed by atoms with E-state index in [1.54, 1.807) is 0 Å². The molecule has 0 heterocycles. The zero-order valence-corrected chi connectivity index (χ0v) is 10.3. The summed E-state index contributed by atoms with van der Waals surface area (Å²) in [7, 11) is 0. The first kappa shape index (κ1) is 12.3. The van der Waals surface area contributed by atoms with E-state index < -0.39 is 0 Å². The molecule has 0 radical (unpaired) electrons. The molecule has 0 spiro atoms. The second kappa shape index (κ2) is 5.94. The van der Waals surface area contributed by atoms with E-state index in [1.165, 1.54) is 11.1 Å². The molecule has 1 unspecified atom stereocenters. The van der Waals surface area contributed by atoms with Gasteiger partial charge in [0.05, 0.1) is 0 Å². The van der Waals surface area contributed by atoms with Gasteiger partial charge >= 0.3 is 0 Å². The lowest BCUT2D eigenvalue weighted by atomic mass is 10.1. The summed E-state index contributed by atoms with van der Waals surface area (Å²) < 4.78 is 0. The molecule has 0 saturated carbocycles. The van der Waals surface area contributed by atoms with Gasteiger partial charge in [-0.1, -0.05) is 35.4 Å². The van der Waals surface area contributed by atoms with Crippen molar-refractivity contribution in [3.63, 3.8) is 0 Å². The predicted molar refractivity (Wildman–Crippen MR) is 67.3 cm³/mol. The Morgan fingerprint density at radius 2 is 2.20 bits per heavy atom. The van der Waals surface area contributed by atoms with Crippen LogP contribution in [0.15, 0.2) is 35.9 Å². The molecule has 1 rings (SSSR count). The van der Waals surface area contributed by atoms with Crippen molar-refractivity contribution in [2.45, 2.75) is 26.8 Å². The van der Waals surface area contributed by atoms with E-state index >= 15 is 0 Å². The molecule has 0 aliphatic rings. The predicted octanol–water partition coefficient (Wildman–Crippen LogP) is 3.96. The van der Waals surface area contributed by atoms with Gasteiger partial charge in [0.1, 0.15) is 0 Å². The zero-order chi connectivity index (χ0) is 11.3. The first-order chi connectivity index (χ1) is 7.09. The highest BCUT2D eigenvalue weighted by Gasteiger charge is 2.03. The molecule has 0 aliphatic carbocycles. The van der Waals surface area contributed by atoms with Gasteiger partial charge in [-0.05, 0) is 38.5 Å². The molecule has 15 heavy (non-hydrogen) atoms. The average molecular weight is 224 g/mol. The topological polar surface area (TPSA) is 12.0 Å². The Hall–Kier alpha value is -0.790. The first-order valence-electron chi connectivity index (χ1n) is 5.22. The van der Waals surface area contributed by atoms with Crippen molar-refractivity contribution < 1.29 is 0 Å². The SMILES string of the molecule is CC(C)=CCNC(C)c1cccc(Cl)c1. The van der Waals surface area contributed by atoms with E-state index in [4.69, 9.17) is 11.6 Å². The summed E-state index contributed by atoms with van der Waals surface area (Å²) in [4.78, 5) is 0. The maximum atomic E-state index is 5.93. The summed E-state index contributed by atoms with van der Waals surface area (Å²) in [5.74, 6) is 0. The smallest absolute Gasteiger partial charge is 0.0409 e. The summed E-state index contributed by atoms with van der Waals surface area (Å²) in [6.07, 6.45) is 2.18. The van der Waals surface area contributed by atoms with Crippen LogP contribution < -0.4 is 5.32 Å². The van der Waals surface area contributed by atoms with Gasteiger partial charge in [-0.15, -0.1) is 0 Å². The number of nitrogens with one attached hydrogen (secondary N) is 1. The number of halogens is 1. The maximum Gasteiger partial charge on any atom is 0.0409 e. The van der Waals surface area contributed by atoms with E-state index in [-0.39, 0.29) is 0 Å². The summed E-state index contributed by atoms with van der Waals surface area (Å²) in [6, 6.07) is 8.30. The molecule has 1 aromatic rings. The Balaban J connectivity index is 2.54. The van der Waals surface area contributed by atoms with Gasteiger partial charge in [0.2, 0.25) is 0 Å². The van der Waals surface area contributed by atoms with Gasteiger partial charge in [0.25, 0.3) is 0 Å². The van der Waals surface area contributed by atoms with Crippen molar-refractivity contribution >= 4 is 11.6 Å². The minimum Gasteiger partial charge on any atom is -0.307 e. The Morgan fingerprint density at radius 1 is 1.47 bits per heavy atom. The van der Waals surface area contributed by atoms with Crippen LogP contribution in [0.4, 0.5) is 0 Å². The van der Waals surface area contributed by atoms with Crippen molar-refractivity contribution in [2.75, 3.05) is 6.54 Å². The molecular formula is C13H18ClN. The molecule has 0 saturated heterocycles. The monoisotopic (exact) mass is 223 g/mol. The van der Waals surface area contributed by atoms with Crippen LogP contribution in [0.5, 0.6) is 0 Å². The van der Waals surface area contributed by atoms with Crippen molar-refractivity contribution in [1.29, 1.82) is 0 Å². The van der Waals surface area contributed by atoms with Crippen LogP contribution in [0.25, 0.3) is 0 Å². The standard InChI is InChI=1S/C13H18ClN/c1-10(2)7-8-15-11(3)12-5-4-6-13(14)9-12/h4-7,9,11,15H,8H2,1-3H3. The summed E-state index contributed by atoms with van der Waals surface area (Å²) in [6.45, 7) is 7.25. The van der Waals surface area contributed by atoms with E-state index in [2.05, 4.69) is 38.2 Å². The third-order valence-electron chi connectivity index (χ3n) is 2.28. The molecule has 0 amide bonds. The van der Waals surface area contributed by atoms with Crippen molar-refractivity contribution in [2.24, 2.45) is 0 Å². The second-order valence-corrected chi connectivity index (χ2v) is 4.40. The Labute approximate surface area is 97.1 Å². The highest BCUT2D eigenvalue weighted by molar-refractivity contribution is 6.30. The van der Waals surface area contributed by atoms with Crippen LogP contribution in [-0.2, 0) is 0 Å². The third kappa shape index (κ3) is 4.50.